The number of ether oxygens (including phenoxy) is 2. The minimum atomic E-state index is -0.365. The first-order chi connectivity index (χ1) is 13.1. The van der Waals surface area contributed by atoms with Gasteiger partial charge in [0.05, 0.1) is 30.1 Å². The maximum atomic E-state index is 12.7. The van der Waals surface area contributed by atoms with Crippen LogP contribution in [0, 0.1) is 0 Å². The van der Waals surface area contributed by atoms with Gasteiger partial charge < -0.3 is 19.7 Å². The van der Waals surface area contributed by atoms with E-state index in [-0.39, 0.29) is 12.0 Å². The molecule has 1 aromatic heterocycles. The summed E-state index contributed by atoms with van der Waals surface area (Å²) in [7, 11) is 1.40. The highest BCUT2D eigenvalue weighted by Crippen LogP contribution is 2.42. The van der Waals surface area contributed by atoms with Crippen LogP contribution >= 0.6 is 0 Å². The van der Waals surface area contributed by atoms with E-state index in [9.17, 15) is 4.79 Å². The molecule has 0 spiro atoms. The summed E-state index contributed by atoms with van der Waals surface area (Å²) in [4.78, 5) is 19.3. The molecule has 0 saturated carbocycles. The smallest absolute Gasteiger partial charge is 0.337 e. The molecular weight excluding hydrogens is 342 g/mol. The standard InChI is InChI=1S/C21H21N3O3/c1-13-18(15-8-6-7-11-22-15)20(19(14(2)23-13)21(25)26-3)24-12-27-17-10-5-4-9-16(17)24/h4-11,20,23H,12H2,1-3H3. The van der Waals surface area contributed by atoms with Crippen molar-refractivity contribution in [1.29, 1.82) is 0 Å². The molecule has 6 heteroatoms. The van der Waals surface area contributed by atoms with Crippen LogP contribution < -0.4 is 15.0 Å². The first-order valence-corrected chi connectivity index (χ1v) is 8.78. The Morgan fingerprint density at radius 1 is 1.19 bits per heavy atom. The van der Waals surface area contributed by atoms with Gasteiger partial charge >= 0.3 is 5.97 Å². The van der Waals surface area contributed by atoms with E-state index in [1.54, 1.807) is 6.20 Å². The van der Waals surface area contributed by atoms with Crippen LogP contribution in [0.2, 0.25) is 0 Å². The zero-order chi connectivity index (χ0) is 19.0. The minimum absolute atomic E-state index is 0.349. The summed E-state index contributed by atoms with van der Waals surface area (Å²) in [5.74, 6) is 0.436. The molecule has 2 aliphatic rings. The van der Waals surface area contributed by atoms with Gasteiger partial charge in [-0.3, -0.25) is 4.98 Å². The third-order valence-corrected chi connectivity index (χ3v) is 4.92. The number of fused-ring (bicyclic) bond motifs is 1. The van der Waals surface area contributed by atoms with E-state index in [4.69, 9.17) is 9.47 Å². The lowest BCUT2D eigenvalue weighted by molar-refractivity contribution is -0.136. The molecule has 27 heavy (non-hydrogen) atoms. The number of pyridine rings is 1. The van der Waals surface area contributed by atoms with Gasteiger partial charge in [0.15, 0.2) is 6.73 Å². The van der Waals surface area contributed by atoms with E-state index in [0.717, 1.165) is 34.1 Å². The van der Waals surface area contributed by atoms with E-state index in [2.05, 4.69) is 15.2 Å². The summed E-state index contributed by atoms with van der Waals surface area (Å²) in [6, 6.07) is 13.2. The van der Waals surface area contributed by atoms with Crippen molar-refractivity contribution in [2.75, 3.05) is 18.7 Å². The fourth-order valence-electron chi connectivity index (χ4n) is 3.75. The second-order valence-corrected chi connectivity index (χ2v) is 6.52. The number of dihydropyridines is 1. The summed E-state index contributed by atoms with van der Waals surface area (Å²) >= 11 is 0. The fourth-order valence-corrected chi connectivity index (χ4v) is 3.75. The number of hydrogen-bond donors (Lipinski definition) is 1. The van der Waals surface area contributed by atoms with Crippen molar-refractivity contribution < 1.29 is 14.3 Å². The zero-order valence-electron chi connectivity index (χ0n) is 15.5. The molecule has 0 amide bonds. The molecule has 2 aliphatic heterocycles. The zero-order valence-corrected chi connectivity index (χ0v) is 15.5. The van der Waals surface area contributed by atoms with E-state index in [1.165, 1.54) is 7.11 Å². The van der Waals surface area contributed by atoms with E-state index < -0.39 is 0 Å². The minimum Gasteiger partial charge on any atom is -0.471 e. The van der Waals surface area contributed by atoms with Gasteiger partial charge in [0.1, 0.15) is 5.75 Å². The first-order valence-electron chi connectivity index (χ1n) is 8.78. The fraction of sp³-hybridized carbons (Fsp3) is 0.238. The molecule has 0 radical (unpaired) electrons. The number of aromatic nitrogens is 1. The quantitative estimate of drug-likeness (QED) is 0.846. The van der Waals surface area contributed by atoms with Crippen LogP contribution in [0.4, 0.5) is 5.69 Å². The molecule has 1 aromatic carbocycles. The Morgan fingerprint density at radius 2 is 1.96 bits per heavy atom. The van der Waals surface area contributed by atoms with Crippen LogP contribution in [-0.4, -0.2) is 30.8 Å². The Bertz CT molecular complexity index is 950. The van der Waals surface area contributed by atoms with Crippen molar-refractivity contribution >= 4 is 17.2 Å². The number of anilines is 1. The third-order valence-electron chi connectivity index (χ3n) is 4.92. The molecule has 0 saturated heterocycles. The predicted molar refractivity (Wildman–Crippen MR) is 103 cm³/mol. The van der Waals surface area contributed by atoms with Crippen LogP contribution in [0.1, 0.15) is 19.5 Å². The molecule has 4 rings (SSSR count). The molecule has 1 N–H and O–H groups in total. The maximum Gasteiger partial charge on any atom is 0.337 e. The Labute approximate surface area is 158 Å². The van der Waals surface area contributed by atoms with Crippen LogP contribution in [-0.2, 0) is 9.53 Å². The number of nitrogens with one attached hydrogen (secondary N) is 1. The molecule has 3 heterocycles. The van der Waals surface area contributed by atoms with Gasteiger partial charge in [0, 0.05) is 23.2 Å². The number of allylic oxidation sites excluding steroid dienone is 2. The number of benzene rings is 1. The Hall–Kier alpha value is -3.28. The number of methoxy groups -OCH3 is 1. The maximum absolute atomic E-state index is 12.7. The van der Waals surface area contributed by atoms with Gasteiger partial charge in [-0.25, -0.2) is 4.79 Å². The normalized spacial score (nSPS) is 18.8. The van der Waals surface area contributed by atoms with Gasteiger partial charge in [0.2, 0.25) is 0 Å². The molecule has 0 fully saturated rings. The van der Waals surface area contributed by atoms with Crippen molar-refractivity contribution in [2.45, 2.75) is 19.9 Å². The third kappa shape index (κ3) is 2.83. The average molecular weight is 363 g/mol. The summed E-state index contributed by atoms with van der Waals surface area (Å²) in [6.07, 6.45) is 1.75. The lowest BCUT2D eigenvalue weighted by Crippen LogP contribution is -2.44. The lowest BCUT2D eigenvalue weighted by atomic mass is 9.88. The first kappa shape index (κ1) is 17.1. The second-order valence-electron chi connectivity index (χ2n) is 6.52. The SMILES string of the molecule is COC(=O)C1=C(C)NC(C)=C(c2ccccn2)C1N1COc2ccccc21. The van der Waals surface area contributed by atoms with Gasteiger partial charge in [-0.15, -0.1) is 0 Å². The highest BCUT2D eigenvalue weighted by atomic mass is 16.5. The van der Waals surface area contributed by atoms with Gasteiger partial charge in [-0.05, 0) is 38.1 Å². The number of carbonyl (C=O) groups excluding carboxylic acids is 1. The molecular formula is C21H21N3O3. The van der Waals surface area contributed by atoms with Gasteiger partial charge in [-0.2, -0.15) is 0 Å². The number of esters is 1. The summed E-state index contributed by atoms with van der Waals surface area (Å²) in [5.41, 5.74) is 4.97. The summed E-state index contributed by atoms with van der Waals surface area (Å²) in [6.45, 7) is 4.24. The molecule has 1 unspecified atom stereocenters. The number of hydrogen-bond acceptors (Lipinski definition) is 6. The molecule has 2 aromatic rings. The molecule has 6 nitrogen and oxygen atoms in total. The van der Waals surface area contributed by atoms with Crippen LogP contribution in [0.25, 0.3) is 5.57 Å². The number of nitrogens with zero attached hydrogens (tertiary/aromatic N) is 2. The van der Waals surface area contributed by atoms with E-state index in [0.29, 0.717) is 12.3 Å². The van der Waals surface area contributed by atoms with Crippen molar-refractivity contribution in [2.24, 2.45) is 0 Å². The molecule has 0 aliphatic carbocycles. The highest BCUT2D eigenvalue weighted by molar-refractivity contribution is 5.98. The molecule has 1 atom stereocenters. The van der Waals surface area contributed by atoms with Crippen LogP contribution in [0.15, 0.2) is 65.6 Å². The van der Waals surface area contributed by atoms with Crippen LogP contribution in [0.5, 0.6) is 5.75 Å². The topological polar surface area (TPSA) is 63.7 Å². The number of carbonyl (C=O) groups is 1. The van der Waals surface area contributed by atoms with Crippen molar-refractivity contribution in [3.63, 3.8) is 0 Å². The van der Waals surface area contributed by atoms with E-state index >= 15 is 0 Å². The largest absolute Gasteiger partial charge is 0.471 e. The van der Waals surface area contributed by atoms with Gasteiger partial charge in [-0.1, -0.05) is 18.2 Å². The predicted octanol–water partition coefficient (Wildman–Crippen LogP) is 3.09. The molecule has 138 valence electrons. The Balaban J connectivity index is 1.91. The van der Waals surface area contributed by atoms with Crippen LogP contribution in [0.3, 0.4) is 0 Å². The number of rotatable bonds is 3. The Kier molecular flexibility index (Phi) is 4.32. The highest BCUT2D eigenvalue weighted by Gasteiger charge is 2.40. The molecule has 0 bridgehead atoms. The van der Waals surface area contributed by atoms with E-state index in [1.807, 2.05) is 56.3 Å². The second kappa shape index (κ2) is 6.79. The Morgan fingerprint density at radius 3 is 2.70 bits per heavy atom. The summed E-state index contributed by atoms with van der Waals surface area (Å²) < 4.78 is 11.0. The number of para-hydroxylation sites is 2. The monoisotopic (exact) mass is 363 g/mol. The van der Waals surface area contributed by atoms with Crippen molar-refractivity contribution in [3.05, 3.63) is 71.3 Å². The average Bonchev–Trinajstić information content (AvgIpc) is 3.11. The van der Waals surface area contributed by atoms with Gasteiger partial charge in [0.25, 0.3) is 0 Å². The van der Waals surface area contributed by atoms with Crippen molar-refractivity contribution in [3.8, 4) is 5.75 Å². The van der Waals surface area contributed by atoms with Crippen molar-refractivity contribution in [1.82, 2.24) is 10.3 Å². The summed E-state index contributed by atoms with van der Waals surface area (Å²) in [5, 5.41) is 3.32. The lowest BCUT2D eigenvalue weighted by Gasteiger charge is -2.36.